The van der Waals surface area contributed by atoms with Crippen LogP contribution in [0.1, 0.15) is 25.6 Å². The van der Waals surface area contributed by atoms with E-state index in [-0.39, 0.29) is 11.5 Å². The van der Waals surface area contributed by atoms with E-state index in [0.717, 1.165) is 16.0 Å². The zero-order chi connectivity index (χ0) is 18.9. The first-order valence-electron chi connectivity index (χ1n) is 8.28. The summed E-state index contributed by atoms with van der Waals surface area (Å²) in [6.45, 7) is 7.59. The van der Waals surface area contributed by atoms with Gasteiger partial charge in [0.25, 0.3) is 5.56 Å². The van der Waals surface area contributed by atoms with Crippen LogP contribution in [0.15, 0.2) is 40.3 Å². The Morgan fingerprint density at radius 3 is 2.65 bits per heavy atom. The van der Waals surface area contributed by atoms with Crippen molar-refractivity contribution in [1.82, 2.24) is 9.97 Å². The van der Waals surface area contributed by atoms with Crippen molar-refractivity contribution in [3.05, 3.63) is 45.6 Å². The van der Waals surface area contributed by atoms with Crippen LogP contribution in [0.2, 0.25) is 0 Å². The number of nitrogens with one attached hydrogen (secondary N) is 1. The molecule has 136 valence electrons. The third kappa shape index (κ3) is 3.54. The Labute approximate surface area is 159 Å². The van der Waals surface area contributed by atoms with Gasteiger partial charge in [0.15, 0.2) is 5.16 Å². The van der Waals surface area contributed by atoms with Crippen molar-refractivity contribution < 1.29 is 9.53 Å². The minimum Gasteiger partial charge on any atom is -0.465 e. The number of esters is 1. The number of carbonyl (C=O) groups is 1. The second-order valence-electron chi connectivity index (χ2n) is 6.28. The molecule has 1 aromatic carbocycles. The molecule has 5 nitrogen and oxygen atoms in total. The summed E-state index contributed by atoms with van der Waals surface area (Å²) < 4.78 is 4.26. The SMILES string of the molecule is CCOC(=O)C(C)(C)Sc1nc2sc(C)c(-c3ccccc3)c2c(=O)[nH]1. The number of aromatic amines is 1. The van der Waals surface area contributed by atoms with Crippen molar-refractivity contribution in [2.75, 3.05) is 6.61 Å². The van der Waals surface area contributed by atoms with E-state index in [4.69, 9.17) is 4.74 Å². The molecule has 0 spiro atoms. The van der Waals surface area contributed by atoms with Crippen LogP contribution in [0.3, 0.4) is 0 Å². The Balaban J connectivity index is 2.05. The van der Waals surface area contributed by atoms with Crippen molar-refractivity contribution in [2.24, 2.45) is 0 Å². The number of hydrogen-bond acceptors (Lipinski definition) is 6. The lowest BCUT2D eigenvalue weighted by Gasteiger charge is -2.20. The molecule has 3 aromatic rings. The molecule has 0 aliphatic carbocycles. The van der Waals surface area contributed by atoms with Crippen molar-refractivity contribution >= 4 is 39.3 Å². The van der Waals surface area contributed by atoms with Crippen LogP contribution >= 0.6 is 23.1 Å². The number of hydrogen-bond donors (Lipinski definition) is 1. The number of thioether (sulfide) groups is 1. The van der Waals surface area contributed by atoms with Crippen LogP contribution in [-0.4, -0.2) is 27.3 Å². The fourth-order valence-electron chi connectivity index (χ4n) is 2.69. The number of aromatic nitrogens is 2. The number of ether oxygens (including phenoxy) is 1. The maximum absolute atomic E-state index is 12.8. The van der Waals surface area contributed by atoms with Crippen molar-refractivity contribution in [2.45, 2.75) is 37.6 Å². The normalized spacial score (nSPS) is 11.7. The van der Waals surface area contributed by atoms with E-state index in [1.165, 1.54) is 23.1 Å². The average molecular weight is 389 g/mol. The number of benzene rings is 1. The largest absolute Gasteiger partial charge is 0.465 e. The van der Waals surface area contributed by atoms with Gasteiger partial charge in [0, 0.05) is 10.4 Å². The molecule has 0 fully saturated rings. The Morgan fingerprint density at radius 1 is 1.31 bits per heavy atom. The molecule has 0 saturated heterocycles. The Kier molecular flexibility index (Phi) is 5.20. The highest BCUT2D eigenvalue weighted by Gasteiger charge is 2.32. The summed E-state index contributed by atoms with van der Waals surface area (Å²) in [6.07, 6.45) is 0. The average Bonchev–Trinajstić information content (AvgIpc) is 2.92. The fourth-order valence-corrected chi connectivity index (χ4v) is 4.70. The van der Waals surface area contributed by atoms with Gasteiger partial charge in [-0.1, -0.05) is 42.1 Å². The van der Waals surface area contributed by atoms with Crippen LogP contribution in [0, 0.1) is 6.92 Å². The van der Waals surface area contributed by atoms with Crippen molar-refractivity contribution in [3.63, 3.8) is 0 Å². The summed E-state index contributed by atoms with van der Waals surface area (Å²) in [5, 5.41) is 1.01. The van der Waals surface area contributed by atoms with Gasteiger partial charge in [0.1, 0.15) is 9.58 Å². The van der Waals surface area contributed by atoms with Crippen LogP contribution < -0.4 is 5.56 Å². The smallest absolute Gasteiger partial charge is 0.322 e. The summed E-state index contributed by atoms with van der Waals surface area (Å²) in [4.78, 5) is 34.0. The summed E-state index contributed by atoms with van der Waals surface area (Å²) in [6, 6.07) is 9.82. The third-order valence-corrected chi connectivity index (χ3v) is 5.96. The summed E-state index contributed by atoms with van der Waals surface area (Å²) in [5.41, 5.74) is 1.72. The molecule has 0 saturated carbocycles. The van der Waals surface area contributed by atoms with E-state index in [2.05, 4.69) is 9.97 Å². The Bertz CT molecular complexity index is 1010. The number of aryl methyl sites for hydroxylation is 1. The van der Waals surface area contributed by atoms with E-state index in [0.29, 0.717) is 22.0 Å². The molecule has 0 amide bonds. The first kappa shape index (κ1) is 18.7. The maximum Gasteiger partial charge on any atom is 0.322 e. The standard InChI is InChI=1S/C19H20N2O3S2/c1-5-24-17(23)19(3,4)26-18-20-15(22)14-13(11(2)25-16(14)21-18)12-9-7-6-8-10-12/h6-10H,5H2,1-4H3,(H,20,21,22). The molecule has 0 atom stereocenters. The number of carbonyl (C=O) groups excluding carboxylic acids is 1. The fraction of sp³-hybridized carbons (Fsp3) is 0.316. The first-order chi connectivity index (χ1) is 12.3. The maximum atomic E-state index is 12.8. The molecule has 2 aromatic heterocycles. The zero-order valence-electron chi connectivity index (χ0n) is 15.1. The number of thiophene rings is 1. The topological polar surface area (TPSA) is 72.0 Å². The molecule has 0 unspecified atom stereocenters. The molecule has 0 aliphatic rings. The number of fused-ring (bicyclic) bond motifs is 1. The first-order valence-corrected chi connectivity index (χ1v) is 9.92. The Morgan fingerprint density at radius 2 is 2.00 bits per heavy atom. The quantitative estimate of drug-likeness (QED) is 0.399. The molecule has 0 aliphatic heterocycles. The predicted octanol–water partition coefficient (Wildman–Crippen LogP) is 4.39. The lowest BCUT2D eigenvalue weighted by molar-refractivity contribution is -0.145. The summed E-state index contributed by atoms with van der Waals surface area (Å²) >= 11 is 2.69. The van der Waals surface area contributed by atoms with E-state index < -0.39 is 4.75 Å². The molecule has 3 rings (SSSR count). The van der Waals surface area contributed by atoms with Crippen LogP contribution in [0.25, 0.3) is 21.3 Å². The van der Waals surface area contributed by atoms with Crippen LogP contribution in [0.4, 0.5) is 0 Å². The highest BCUT2D eigenvalue weighted by atomic mass is 32.2. The third-order valence-electron chi connectivity index (χ3n) is 3.90. The van der Waals surface area contributed by atoms with Crippen molar-refractivity contribution in [1.29, 1.82) is 0 Å². The molecule has 26 heavy (non-hydrogen) atoms. The molecule has 2 heterocycles. The predicted molar refractivity (Wildman–Crippen MR) is 107 cm³/mol. The van der Waals surface area contributed by atoms with Crippen LogP contribution in [-0.2, 0) is 9.53 Å². The monoisotopic (exact) mass is 388 g/mol. The lowest BCUT2D eigenvalue weighted by Crippen LogP contribution is -2.30. The lowest BCUT2D eigenvalue weighted by atomic mass is 10.0. The minimum atomic E-state index is -0.839. The van der Waals surface area contributed by atoms with Gasteiger partial charge in [-0.2, -0.15) is 0 Å². The van der Waals surface area contributed by atoms with Gasteiger partial charge in [0.05, 0.1) is 12.0 Å². The van der Waals surface area contributed by atoms with E-state index in [9.17, 15) is 9.59 Å². The van der Waals surface area contributed by atoms with Crippen LogP contribution in [0.5, 0.6) is 0 Å². The molecule has 0 radical (unpaired) electrons. The highest BCUT2D eigenvalue weighted by Crippen LogP contribution is 2.37. The van der Waals surface area contributed by atoms with Gasteiger partial charge in [0.2, 0.25) is 0 Å². The molecular formula is C19H20N2O3S2. The zero-order valence-corrected chi connectivity index (χ0v) is 16.7. The van der Waals surface area contributed by atoms with E-state index in [1.807, 2.05) is 37.3 Å². The van der Waals surface area contributed by atoms with Crippen molar-refractivity contribution in [3.8, 4) is 11.1 Å². The number of H-pyrrole nitrogens is 1. The van der Waals surface area contributed by atoms with Gasteiger partial charge in [-0.25, -0.2) is 4.98 Å². The van der Waals surface area contributed by atoms with E-state index >= 15 is 0 Å². The number of rotatable bonds is 5. The minimum absolute atomic E-state index is 0.194. The summed E-state index contributed by atoms with van der Waals surface area (Å²) in [5.74, 6) is -0.333. The second-order valence-corrected chi connectivity index (χ2v) is 9.10. The van der Waals surface area contributed by atoms with Gasteiger partial charge >= 0.3 is 5.97 Å². The molecule has 1 N–H and O–H groups in total. The molecule has 0 bridgehead atoms. The Hall–Kier alpha value is -2.12. The van der Waals surface area contributed by atoms with Gasteiger partial charge in [-0.15, -0.1) is 11.3 Å². The van der Waals surface area contributed by atoms with Gasteiger partial charge in [-0.05, 0) is 33.3 Å². The summed E-state index contributed by atoms with van der Waals surface area (Å²) in [7, 11) is 0. The molecular weight excluding hydrogens is 368 g/mol. The second kappa shape index (κ2) is 7.25. The van der Waals surface area contributed by atoms with Gasteiger partial charge in [-0.3, -0.25) is 9.59 Å². The molecule has 7 heteroatoms. The van der Waals surface area contributed by atoms with E-state index in [1.54, 1.807) is 20.8 Å². The highest BCUT2D eigenvalue weighted by molar-refractivity contribution is 8.01. The van der Waals surface area contributed by atoms with Gasteiger partial charge < -0.3 is 9.72 Å². The number of nitrogens with zero attached hydrogens (tertiary/aromatic N) is 1.